The van der Waals surface area contributed by atoms with Gasteiger partial charge in [0.1, 0.15) is 0 Å². The van der Waals surface area contributed by atoms with Gasteiger partial charge in [0, 0.05) is 15.7 Å². The molecule has 0 heterocycles. The summed E-state index contributed by atoms with van der Waals surface area (Å²) in [6.45, 7) is 3.76. The SMILES string of the molecule is CC(C)=NC(=N)c1cccc(Br)c1. The van der Waals surface area contributed by atoms with Crippen LogP contribution >= 0.6 is 15.9 Å². The van der Waals surface area contributed by atoms with Gasteiger partial charge in [-0.2, -0.15) is 0 Å². The molecule has 0 spiro atoms. The molecule has 0 bridgehead atoms. The average Bonchev–Trinajstić information content (AvgIpc) is 2.03. The fraction of sp³-hybridized carbons (Fsp3) is 0.200. The van der Waals surface area contributed by atoms with Crippen molar-refractivity contribution >= 4 is 27.5 Å². The Kier molecular flexibility index (Phi) is 3.37. The van der Waals surface area contributed by atoms with E-state index >= 15 is 0 Å². The first-order chi connectivity index (χ1) is 6.09. The van der Waals surface area contributed by atoms with Crippen LogP contribution in [0.4, 0.5) is 0 Å². The van der Waals surface area contributed by atoms with E-state index in [2.05, 4.69) is 20.9 Å². The van der Waals surface area contributed by atoms with Gasteiger partial charge in [-0.05, 0) is 26.0 Å². The molecular formula is C10H11BrN2. The minimum absolute atomic E-state index is 0.307. The van der Waals surface area contributed by atoms with Crippen molar-refractivity contribution in [2.45, 2.75) is 13.8 Å². The van der Waals surface area contributed by atoms with E-state index in [1.165, 1.54) is 0 Å². The summed E-state index contributed by atoms with van der Waals surface area (Å²) in [6.07, 6.45) is 0. The zero-order valence-electron chi connectivity index (χ0n) is 7.63. The van der Waals surface area contributed by atoms with Gasteiger partial charge in [0.25, 0.3) is 0 Å². The van der Waals surface area contributed by atoms with Crippen molar-refractivity contribution in [1.29, 1.82) is 5.41 Å². The van der Waals surface area contributed by atoms with E-state index in [1.54, 1.807) is 0 Å². The van der Waals surface area contributed by atoms with Gasteiger partial charge in [-0.3, -0.25) is 5.41 Å². The summed E-state index contributed by atoms with van der Waals surface area (Å²) in [6, 6.07) is 7.59. The smallest absolute Gasteiger partial charge is 0.151 e. The molecule has 0 aliphatic carbocycles. The lowest BCUT2D eigenvalue weighted by Crippen LogP contribution is -1.97. The van der Waals surface area contributed by atoms with Crippen LogP contribution in [0.1, 0.15) is 19.4 Å². The van der Waals surface area contributed by atoms with Crippen molar-refractivity contribution in [2.75, 3.05) is 0 Å². The van der Waals surface area contributed by atoms with Crippen molar-refractivity contribution in [3.63, 3.8) is 0 Å². The lowest BCUT2D eigenvalue weighted by molar-refractivity contribution is 1.40. The van der Waals surface area contributed by atoms with Crippen LogP contribution in [0.25, 0.3) is 0 Å². The van der Waals surface area contributed by atoms with Crippen molar-refractivity contribution in [1.82, 2.24) is 0 Å². The maximum atomic E-state index is 7.65. The topological polar surface area (TPSA) is 36.2 Å². The average molecular weight is 239 g/mol. The van der Waals surface area contributed by atoms with Crippen molar-refractivity contribution in [3.05, 3.63) is 34.3 Å². The Labute approximate surface area is 86.3 Å². The Hall–Kier alpha value is -0.960. The Morgan fingerprint density at radius 1 is 1.38 bits per heavy atom. The summed E-state index contributed by atoms with van der Waals surface area (Å²) < 4.78 is 0.971. The third-order valence-corrected chi connectivity index (χ3v) is 1.93. The Morgan fingerprint density at radius 2 is 2.08 bits per heavy atom. The lowest BCUT2D eigenvalue weighted by atomic mass is 10.2. The van der Waals surface area contributed by atoms with Crippen LogP contribution in [0, 0.1) is 5.41 Å². The van der Waals surface area contributed by atoms with Crippen LogP contribution in [0.3, 0.4) is 0 Å². The molecule has 3 heteroatoms. The van der Waals surface area contributed by atoms with Gasteiger partial charge in [-0.15, -0.1) is 0 Å². The van der Waals surface area contributed by atoms with E-state index in [9.17, 15) is 0 Å². The molecule has 0 aromatic heterocycles. The minimum Gasteiger partial charge on any atom is -0.282 e. The van der Waals surface area contributed by atoms with Gasteiger partial charge >= 0.3 is 0 Å². The van der Waals surface area contributed by atoms with E-state index in [1.807, 2.05) is 38.1 Å². The second-order valence-electron chi connectivity index (χ2n) is 2.92. The van der Waals surface area contributed by atoms with Crippen LogP contribution in [0.2, 0.25) is 0 Å². The largest absolute Gasteiger partial charge is 0.282 e. The molecule has 1 rings (SSSR count). The molecule has 0 saturated heterocycles. The van der Waals surface area contributed by atoms with Crippen molar-refractivity contribution < 1.29 is 0 Å². The molecular weight excluding hydrogens is 228 g/mol. The highest BCUT2D eigenvalue weighted by Gasteiger charge is 1.98. The normalized spacial score (nSPS) is 9.46. The summed E-state index contributed by atoms with van der Waals surface area (Å²) in [5, 5.41) is 7.65. The van der Waals surface area contributed by atoms with Crippen molar-refractivity contribution in [2.24, 2.45) is 4.99 Å². The Morgan fingerprint density at radius 3 is 2.62 bits per heavy atom. The highest BCUT2D eigenvalue weighted by molar-refractivity contribution is 9.10. The molecule has 0 amide bonds. The minimum atomic E-state index is 0.307. The third kappa shape index (κ3) is 3.11. The zero-order chi connectivity index (χ0) is 9.84. The first kappa shape index (κ1) is 10.1. The summed E-state index contributed by atoms with van der Waals surface area (Å²) in [4.78, 5) is 4.07. The Balaban J connectivity index is 2.96. The first-order valence-electron chi connectivity index (χ1n) is 3.96. The number of hydrogen-bond acceptors (Lipinski definition) is 1. The van der Waals surface area contributed by atoms with Gasteiger partial charge in [0.2, 0.25) is 0 Å². The summed E-state index contributed by atoms with van der Waals surface area (Å²) >= 11 is 3.35. The number of aliphatic imine (C=N–C) groups is 1. The van der Waals surface area contributed by atoms with E-state index in [0.717, 1.165) is 15.7 Å². The maximum Gasteiger partial charge on any atom is 0.151 e. The number of benzene rings is 1. The van der Waals surface area contributed by atoms with Crippen LogP contribution in [-0.4, -0.2) is 11.5 Å². The number of amidine groups is 1. The van der Waals surface area contributed by atoms with Gasteiger partial charge in [0.05, 0.1) is 0 Å². The van der Waals surface area contributed by atoms with Gasteiger partial charge in [0.15, 0.2) is 5.84 Å². The molecule has 0 aliphatic heterocycles. The number of nitrogens with zero attached hydrogens (tertiary/aromatic N) is 1. The van der Waals surface area contributed by atoms with Crippen LogP contribution < -0.4 is 0 Å². The second-order valence-corrected chi connectivity index (χ2v) is 3.83. The van der Waals surface area contributed by atoms with Crippen LogP contribution in [-0.2, 0) is 0 Å². The molecule has 13 heavy (non-hydrogen) atoms. The van der Waals surface area contributed by atoms with E-state index < -0.39 is 0 Å². The molecule has 0 aliphatic rings. The molecule has 1 aromatic carbocycles. The standard InChI is InChI=1S/C10H11BrN2/c1-7(2)13-10(12)8-4-3-5-9(11)6-8/h3-6,12H,1-2H3. The molecule has 0 unspecified atom stereocenters. The van der Waals surface area contributed by atoms with Gasteiger partial charge in [-0.25, -0.2) is 4.99 Å². The van der Waals surface area contributed by atoms with E-state index in [4.69, 9.17) is 5.41 Å². The predicted octanol–water partition coefficient (Wildman–Crippen LogP) is 3.26. The maximum absolute atomic E-state index is 7.65. The molecule has 1 N–H and O–H groups in total. The highest BCUT2D eigenvalue weighted by Crippen LogP contribution is 2.12. The first-order valence-corrected chi connectivity index (χ1v) is 4.75. The second kappa shape index (κ2) is 4.33. The van der Waals surface area contributed by atoms with Crippen LogP contribution in [0.5, 0.6) is 0 Å². The molecule has 0 saturated carbocycles. The number of hydrogen-bond donors (Lipinski definition) is 1. The number of nitrogens with one attached hydrogen (secondary N) is 1. The van der Waals surface area contributed by atoms with Gasteiger partial charge < -0.3 is 0 Å². The predicted molar refractivity (Wildman–Crippen MR) is 59.8 cm³/mol. The summed E-state index contributed by atoms with van der Waals surface area (Å²) in [5.41, 5.74) is 1.72. The highest BCUT2D eigenvalue weighted by atomic mass is 79.9. The molecule has 68 valence electrons. The zero-order valence-corrected chi connectivity index (χ0v) is 9.22. The van der Waals surface area contributed by atoms with E-state index in [0.29, 0.717) is 5.84 Å². The molecule has 0 fully saturated rings. The molecule has 1 aromatic rings. The van der Waals surface area contributed by atoms with Gasteiger partial charge in [-0.1, -0.05) is 28.1 Å². The van der Waals surface area contributed by atoms with E-state index in [-0.39, 0.29) is 0 Å². The summed E-state index contributed by atoms with van der Waals surface area (Å²) in [5.74, 6) is 0.307. The Bertz CT molecular complexity index is 352. The fourth-order valence-corrected chi connectivity index (χ4v) is 1.32. The van der Waals surface area contributed by atoms with Crippen molar-refractivity contribution in [3.8, 4) is 0 Å². The molecule has 2 nitrogen and oxygen atoms in total. The lowest BCUT2D eigenvalue weighted by Gasteiger charge is -1.99. The molecule has 0 radical (unpaired) electrons. The van der Waals surface area contributed by atoms with Crippen LogP contribution in [0.15, 0.2) is 33.7 Å². The number of halogens is 1. The quantitative estimate of drug-likeness (QED) is 0.576. The molecule has 0 atom stereocenters. The fourth-order valence-electron chi connectivity index (χ4n) is 0.924. The summed E-state index contributed by atoms with van der Waals surface area (Å²) in [7, 11) is 0. The monoisotopic (exact) mass is 238 g/mol. The third-order valence-electron chi connectivity index (χ3n) is 1.43. The number of rotatable bonds is 1.